The minimum Gasteiger partial charge on any atom is -0.368 e. The van der Waals surface area contributed by atoms with Crippen molar-refractivity contribution in [3.05, 3.63) is 55.4 Å². The molecular weight excluding hydrogens is 306 g/mol. The quantitative estimate of drug-likeness (QED) is 0.638. The van der Waals surface area contributed by atoms with Crippen molar-refractivity contribution in [1.29, 1.82) is 0 Å². The molecule has 0 aliphatic rings. The Bertz CT molecular complexity index is 768. The first-order valence-corrected chi connectivity index (χ1v) is 7.70. The molecule has 3 aromatic rings. The van der Waals surface area contributed by atoms with E-state index in [1.165, 1.54) is 6.33 Å². The van der Waals surface area contributed by atoms with E-state index in [1.54, 1.807) is 23.1 Å². The molecule has 0 radical (unpaired) electrons. The van der Waals surface area contributed by atoms with Crippen LogP contribution in [0, 0.1) is 0 Å². The average molecular weight is 325 g/mol. The van der Waals surface area contributed by atoms with Crippen molar-refractivity contribution in [1.82, 2.24) is 29.6 Å². The van der Waals surface area contributed by atoms with Gasteiger partial charge in [-0.05, 0) is 25.1 Å². The molecule has 0 bridgehead atoms. The Balaban J connectivity index is 1.47. The van der Waals surface area contributed by atoms with E-state index < -0.39 is 0 Å². The number of carbonyl (C=O) groups excluding carboxylic acids is 1. The van der Waals surface area contributed by atoms with E-state index in [4.69, 9.17) is 0 Å². The van der Waals surface area contributed by atoms with E-state index in [0.717, 1.165) is 5.82 Å². The molecule has 3 heterocycles. The molecule has 0 saturated carbocycles. The SMILES string of the molecule is CC(C(=O)NCCNc1cc(-n2cccc2)ncn1)n1cccn1. The first-order chi connectivity index (χ1) is 11.7. The van der Waals surface area contributed by atoms with E-state index >= 15 is 0 Å². The number of amides is 1. The van der Waals surface area contributed by atoms with Crippen LogP contribution in [0.4, 0.5) is 5.82 Å². The summed E-state index contributed by atoms with van der Waals surface area (Å²) in [5.41, 5.74) is 0. The summed E-state index contributed by atoms with van der Waals surface area (Å²) in [6.45, 7) is 2.87. The van der Waals surface area contributed by atoms with E-state index in [2.05, 4.69) is 25.7 Å². The molecule has 3 aromatic heterocycles. The Morgan fingerprint density at radius 3 is 2.75 bits per heavy atom. The largest absolute Gasteiger partial charge is 0.368 e. The van der Waals surface area contributed by atoms with Crippen LogP contribution in [-0.4, -0.2) is 43.3 Å². The summed E-state index contributed by atoms with van der Waals surface area (Å²) in [5.74, 6) is 1.42. The molecule has 0 aromatic carbocycles. The number of aromatic nitrogens is 5. The van der Waals surface area contributed by atoms with Crippen LogP contribution in [0.1, 0.15) is 13.0 Å². The number of carbonyl (C=O) groups is 1. The van der Waals surface area contributed by atoms with E-state index in [1.807, 2.05) is 42.1 Å². The van der Waals surface area contributed by atoms with Gasteiger partial charge in [0.25, 0.3) is 0 Å². The normalized spacial score (nSPS) is 11.9. The molecule has 3 rings (SSSR count). The maximum Gasteiger partial charge on any atom is 0.244 e. The Morgan fingerprint density at radius 2 is 2.00 bits per heavy atom. The lowest BCUT2D eigenvalue weighted by Gasteiger charge is -2.13. The summed E-state index contributed by atoms with van der Waals surface area (Å²) in [7, 11) is 0. The monoisotopic (exact) mass is 325 g/mol. The van der Waals surface area contributed by atoms with E-state index in [9.17, 15) is 4.79 Å². The number of nitrogens with zero attached hydrogens (tertiary/aromatic N) is 5. The highest BCUT2D eigenvalue weighted by Crippen LogP contribution is 2.08. The van der Waals surface area contributed by atoms with Crippen molar-refractivity contribution < 1.29 is 4.79 Å². The van der Waals surface area contributed by atoms with Crippen molar-refractivity contribution in [3.63, 3.8) is 0 Å². The maximum absolute atomic E-state index is 12.0. The molecule has 124 valence electrons. The molecule has 2 N–H and O–H groups in total. The summed E-state index contributed by atoms with van der Waals surface area (Å²) in [4.78, 5) is 20.4. The number of rotatable bonds is 7. The predicted molar refractivity (Wildman–Crippen MR) is 89.8 cm³/mol. The molecule has 0 saturated heterocycles. The van der Waals surface area contributed by atoms with Gasteiger partial charge in [-0.3, -0.25) is 9.48 Å². The zero-order valence-corrected chi connectivity index (χ0v) is 13.3. The number of anilines is 1. The van der Waals surface area contributed by atoms with Crippen LogP contribution in [0.25, 0.3) is 5.82 Å². The Labute approximate surface area is 139 Å². The maximum atomic E-state index is 12.0. The summed E-state index contributed by atoms with van der Waals surface area (Å²) < 4.78 is 3.52. The van der Waals surface area contributed by atoms with Crippen LogP contribution in [0.5, 0.6) is 0 Å². The smallest absolute Gasteiger partial charge is 0.244 e. The molecule has 1 amide bonds. The Hall–Kier alpha value is -3.16. The van der Waals surface area contributed by atoms with Crippen molar-refractivity contribution in [2.24, 2.45) is 0 Å². The second kappa shape index (κ2) is 7.40. The molecule has 0 spiro atoms. The predicted octanol–water partition coefficient (Wildman–Crippen LogP) is 1.25. The third kappa shape index (κ3) is 3.78. The zero-order chi connectivity index (χ0) is 16.8. The van der Waals surface area contributed by atoms with E-state index in [-0.39, 0.29) is 11.9 Å². The van der Waals surface area contributed by atoms with Crippen LogP contribution in [0.2, 0.25) is 0 Å². The van der Waals surface area contributed by atoms with Gasteiger partial charge >= 0.3 is 0 Å². The van der Waals surface area contributed by atoms with Crippen LogP contribution in [0.3, 0.4) is 0 Å². The molecule has 1 unspecified atom stereocenters. The van der Waals surface area contributed by atoms with Crippen LogP contribution >= 0.6 is 0 Å². The minimum absolute atomic E-state index is 0.0729. The van der Waals surface area contributed by atoms with Crippen molar-refractivity contribution in [3.8, 4) is 5.82 Å². The van der Waals surface area contributed by atoms with Crippen LogP contribution in [0.15, 0.2) is 55.4 Å². The second-order valence-electron chi connectivity index (χ2n) is 5.23. The van der Waals surface area contributed by atoms with Crippen LogP contribution < -0.4 is 10.6 Å². The second-order valence-corrected chi connectivity index (χ2v) is 5.23. The minimum atomic E-state index is -0.334. The third-order valence-electron chi connectivity index (χ3n) is 3.55. The Morgan fingerprint density at radius 1 is 1.17 bits per heavy atom. The van der Waals surface area contributed by atoms with Gasteiger partial charge in [0.05, 0.1) is 0 Å². The van der Waals surface area contributed by atoms with Crippen LogP contribution in [-0.2, 0) is 4.79 Å². The first kappa shape index (κ1) is 15.7. The van der Waals surface area contributed by atoms with Crippen molar-refractivity contribution in [2.45, 2.75) is 13.0 Å². The third-order valence-corrected chi connectivity index (χ3v) is 3.55. The molecule has 8 nitrogen and oxygen atoms in total. The van der Waals surface area contributed by atoms with Gasteiger partial charge in [0.1, 0.15) is 24.0 Å². The lowest BCUT2D eigenvalue weighted by atomic mass is 10.3. The van der Waals surface area contributed by atoms with Gasteiger partial charge < -0.3 is 15.2 Å². The topological polar surface area (TPSA) is 89.7 Å². The van der Waals surface area contributed by atoms with Gasteiger partial charge in [-0.15, -0.1) is 0 Å². The molecule has 1 atom stereocenters. The fourth-order valence-corrected chi connectivity index (χ4v) is 2.23. The molecule has 0 aliphatic carbocycles. The number of hydrogen-bond donors (Lipinski definition) is 2. The van der Waals surface area contributed by atoms with Crippen molar-refractivity contribution >= 4 is 11.7 Å². The zero-order valence-electron chi connectivity index (χ0n) is 13.3. The average Bonchev–Trinajstić information content (AvgIpc) is 3.31. The van der Waals surface area contributed by atoms with Crippen molar-refractivity contribution in [2.75, 3.05) is 18.4 Å². The van der Waals surface area contributed by atoms with Gasteiger partial charge in [-0.25, -0.2) is 9.97 Å². The summed E-state index contributed by atoms with van der Waals surface area (Å²) >= 11 is 0. The van der Waals surface area contributed by atoms with Gasteiger partial charge in [0.2, 0.25) is 5.91 Å². The summed E-state index contributed by atoms with van der Waals surface area (Å²) in [5, 5.41) is 10.1. The van der Waals surface area contributed by atoms with Gasteiger partial charge in [0, 0.05) is 43.9 Å². The van der Waals surface area contributed by atoms with Gasteiger partial charge in [0.15, 0.2) is 0 Å². The standard InChI is InChI=1S/C16H19N7O/c1-13(23-10-4-5-21-23)16(24)18-7-6-17-14-11-15(20-12-19-14)22-8-2-3-9-22/h2-5,8-13H,6-7H2,1H3,(H,18,24)(H,17,19,20). The van der Waals surface area contributed by atoms with E-state index in [0.29, 0.717) is 18.9 Å². The highest BCUT2D eigenvalue weighted by Gasteiger charge is 2.13. The first-order valence-electron chi connectivity index (χ1n) is 7.70. The number of nitrogens with one attached hydrogen (secondary N) is 2. The summed E-state index contributed by atoms with van der Waals surface area (Å²) in [6.07, 6.45) is 8.77. The highest BCUT2D eigenvalue weighted by molar-refractivity contribution is 5.79. The fraction of sp³-hybridized carbons (Fsp3) is 0.250. The van der Waals surface area contributed by atoms with Gasteiger partial charge in [-0.1, -0.05) is 0 Å². The molecular formula is C16H19N7O. The summed E-state index contributed by atoms with van der Waals surface area (Å²) in [6, 6.07) is 7.19. The Kier molecular flexibility index (Phi) is 4.85. The molecule has 0 fully saturated rings. The molecule has 8 heteroatoms. The molecule has 0 aliphatic heterocycles. The molecule has 24 heavy (non-hydrogen) atoms. The lowest BCUT2D eigenvalue weighted by Crippen LogP contribution is -2.34. The fourth-order valence-electron chi connectivity index (χ4n) is 2.23. The highest BCUT2D eigenvalue weighted by atomic mass is 16.2. The number of hydrogen-bond acceptors (Lipinski definition) is 5. The lowest BCUT2D eigenvalue weighted by molar-refractivity contribution is -0.124. The van der Waals surface area contributed by atoms with Gasteiger partial charge in [-0.2, -0.15) is 5.10 Å².